The van der Waals surface area contributed by atoms with Crippen LogP contribution >= 0.6 is 127 Å². The van der Waals surface area contributed by atoms with Gasteiger partial charge in [-0.3, -0.25) is 75.5 Å². The highest BCUT2D eigenvalue weighted by Gasteiger charge is 2.60. The van der Waals surface area contributed by atoms with Crippen LogP contribution in [-0.4, -0.2) is 217 Å². The van der Waals surface area contributed by atoms with Gasteiger partial charge in [0.15, 0.2) is 43.9 Å². The number of rotatable bonds is 16. The molecule has 0 bridgehead atoms. The average Bonchev–Trinajstić information content (AvgIpc) is 1.58. The van der Waals surface area contributed by atoms with Gasteiger partial charge in [-0.1, -0.05) is 46.4 Å². The van der Waals surface area contributed by atoms with Crippen LogP contribution in [0.5, 0.6) is 0 Å². The van der Waals surface area contributed by atoms with Crippen molar-refractivity contribution in [1.82, 2.24) is 38.2 Å². The number of phosphoric acid groups is 4. The van der Waals surface area contributed by atoms with Crippen molar-refractivity contribution in [2.75, 3.05) is 26.3 Å². The lowest BCUT2D eigenvalue weighted by atomic mass is 10.1. The molecule has 4 aliphatic rings. The van der Waals surface area contributed by atoms with E-state index in [4.69, 9.17) is 147 Å². The number of phosphoric ester groups is 4. The van der Waals surface area contributed by atoms with E-state index in [1.807, 2.05) is 9.97 Å². The van der Waals surface area contributed by atoms with Crippen LogP contribution in [0, 0.1) is 19.1 Å². The highest BCUT2D eigenvalue weighted by Crippen LogP contribution is 2.48. The average molecular weight is 1580 g/mol. The summed E-state index contributed by atoms with van der Waals surface area (Å²) in [6, 6.07) is 0. The molecule has 0 aromatic carbocycles. The van der Waals surface area contributed by atoms with Crippen molar-refractivity contribution in [3.8, 4) is 0 Å². The molecule has 8 rings (SSSR count). The van der Waals surface area contributed by atoms with Gasteiger partial charge >= 0.3 is 31.3 Å². The lowest BCUT2D eigenvalue weighted by Gasteiger charge is -2.23. The van der Waals surface area contributed by atoms with E-state index >= 15 is 4.39 Å². The molecule has 0 radical (unpaired) electrons. The molecule has 20 N–H and O–H groups in total. The summed E-state index contributed by atoms with van der Waals surface area (Å²) >= 11 is 41.5. The first kappa shape index (κ1) is 70.6. The second-order valence-corrected chi connectivity index (χ2v) is 25.8. The molecule has 0 spiro atoms. The van der Waals surface area contributed by atoms with E-state index in [1.165, 1.54) is 0 Å². The third kappa shape index (κ3) is 19.8. The van der Waals surface area contributed by atoms with Crippen LogP contribution in [0.4, 0.5) is 17.6 Å². The predicted octanol–water partition coefficient (Wildman–Crippen LogP) is -1.66. The Morgan fingerprint density at radius 1 is 0.446 bits per heavy atom. The quantitative estimate of drug-likeness (QED) is 0.0339. The Morgan fingerprint density at radius 2 is 0.674 bits per heavy atom. The van der Waals surface area contributed by atoms with Crippen molar-refractivity contribution in [2.24, 2.45) is 0 Å². The topological polar surface area (TPSA) is 617 Å². The Bertz CT molecular complexity index is 4410. The number of ether oxygens (including phenoxy) is 4. The van der Waals surface area contributed by atoms with Crippen molar-refractivity contribution in [3.63, 3.8) is 0 Å². The van der Waals surface area contributed by atoms with E-state index in [0.717, 1.165) is 27.7 Å². The Morgan fingerprint density at radius 3 is 0.989 bits per heavy atom. The molecule has 0 unspecified atom stereocenters. The van der Waals surface area contributed by atoms with Gasteiger partial charge in [0.2, 0.25) is 0 Å². The van der Waals surface area contributed by atoms with Crippen LogP contribution in [0.25, 0.3) is 0 Å². The van der Waals surface area contributed by atoms with Crippen LogP contribution in [0.2, 0.25) is 20.1 Å². The number of hydrogen-bond donors (Lipinski definition) is 20. The van der Waals surface area contributed by atoms with Crippen molar-refractivity contribution in [2.45, 2.75) is 97.1 Å². The Balaban J connectivity index is 0.000000236. The molecule has 4 saturated heterocycles. The number of alkyl halides is 4. The Hall–Kier alpha value is -2.76. The molecule has 4 fully saturated rings. The van der Waals surface area contributed by atoms with Crippen molar-refractivity contribution in [1.29, 1.82) is 0 Å². The van der Waals surface area contributed by atoms with E-state index in [1.54, 1.807) is 0 Å². The van der Waals surface area contributed by atoms with E-state index < -0.39 is 206 Å². The number of nitrogens with one attached hydrogen (secondary N) is 4. The summed E-state index contributed by atoms with van der Waals surface area (Å²) in [5.41, 5.74) is -3.23. The monoisotopic (exact) mass is 1570 g/mol. The van der Waals surface area contributed by atoms with Gasteiger partial charge in [0.05, 0.1) is 8.22 Å². The smallest absolute Gasteiger partial charge is 0.385 e. The zero-order valence-corrected chi connectivity index (χ0v) is 53.3. The molecule has 40 nitrogen and oxygen atoms in total. The lowest BCUT2D eigenvalue weighted by Crippen LogP contribution is -2.42. The van der Waals surface area contributed by atoms with Gasteiger partial charge < -0.3 is 98.9 Å². The molecule has 16 atom stereocenters. The zero-order valence-electron chi connectivity index (χ0n) is 49.4. The summed E-state index contributed by atoms with van der Waals surface area (Å²) in [6.45, 7) is -10.7. The maximum absolute atomic E-state index is 15.0. The maximum atomic E-state index is 15.0. The van der Waals surface area contributed by atoms with Gasteiger partial charge in [-0.15, -0.1) is 0 Å². The minimum absolute atomic E-state index is 0.282. The molecule has 4 aromatic heterocycles. The summed E-state index contributed by atoms with van der Waals surface area (Å²) < 4.78 is 182. The molecule has 4 aromatic rings. The molecule has 520 valence electrons. The summed E-state index contributed by atoms with van der Waals surface area (Å²) in [4.78, 5) is 123. The Labute approximate surface area is 552 Å². The third-order valence-corrected chi connectivity index (χ3v) is 15.1. The van der Waals surface area contributed by atoms with Crippen LogP contribution in [0.15, 0.2) is 44.0 Å². The molecule has 0 saturated carbocycles. The van der Waals surface area contributed by atoms with Gasteiger partial charge in [0.25, 0.3) is 45.7 Å². The number of H-pyrrole nitrogens is 4. The Kier molecular flexibility index (Phi) is 23.1. The highest BCUT2D eigenvalue weighted by atomic mass is 35.5. The molecule has 0 aliphatic carbocycles. The molecule has 56 heteroatoms. The highest BCUT2D eigenvalue weighted by molar-refractivity contribution is 7.71. The molecule has 4 aliphatic heterocycles. The number of aliphatic hydroxyl groups excluding tert-OH is 8. The van der Waals surface area contributed by atoms with Gasteiger partial charge in [-0.25, -0.2) is 35.8 Å². The lowest BCUT2D eigenvalue weighted by molar-refractivity contribution is -0.204. The van der Waals surface area contributed by atoms with E-state index in [9.17, 15) is 91.5 Å². The fourth-order valence-corrected chi connectivity index (χ4v) is 9.79. The van der Waals surface area contributed by atoms with Gasteiger partial charge in [0.1, 0.15) is 95.3 Å². The number of aromatic amines is 4. The van der Waals surface area contributed by atoms with E-state index in [-0.39, 0.29) is 9.79 Å². The molecule has 8 heterocycles. The van der Waals surface area contributed by atoms with Gasteiger partial charge in [-0.2, -0.15) is 0 Å². The zero-order chi connectivity index (χ0) is 75.7. The fourth-order valence-electron chi connectivity index (χ4n) is 7.05. The molecule has 92 heavy (non-hydrogen) atoms. The van der Waals surface area contributed by atoms with Crippen LogP contribution in [-0.2, 0) is 55.3 Å². The van der Waals surface area contributed by atoms with Crippen LogP contribution in [0.1, 0.15) is 33.1 Å². The van der Waals surface area contributed by atoms with E-state index in [2.05, 4.69) is 42.3 Å². The van der Waals surface area contributed by atoms with Crippen molar-refractivity contribution >= 4 is 127 Å². The van der Waals surface area contributed by atoms with Gasteiger partial charge in [0, 0.05) is 24.8 Å². The summed E-state index contributed by atoms with van der Waals surface area (Å²) in [7, 11) is -21.3. The number of nitrogens with zero attached hydrogens (tertiary/aromatic N) is 4. The minimum atomic E-state index is -5.61. The summed E-state index contributed by atoms with van der Waals surface area (Å²) in [5.74, 6) is -14.5. The van der Waals surface area contributed by atoms with Crippen molar-refractivity contribution < 1.29 is 161 Å². The maximum Gasteiger partial charge on any atom is 0.469 e. The summed E-state index contributed by atoms with van der Waals surface area (Å²) in [6.07, 6.45) is -25.1. The van der Waals surface area contributed by atoms with Crippen LogP contribution in [0.3, 0.4) is 0 Å². The predicted molar refractivity (Wildman–Crippen MR) is 299 cm³/mol. The standard InChI is InChI=1S/4C9H11ClFN2O8PS/c4*10-3-1-13(8(23)12-6(3)16)7-4(14)5(15)9(11,21-7)2-20-22(17,18)19/h4*1,4-5,7,14-15H,2H2,(H,12,16,23)(H2,17,18,19)/t4*4-,5+,7-,9-/m1111/s1/i2D2,7D;7D;2D2;. The second kappa shape index (κ2) is 30.2. The molecular weight excluding hydrogens is 1530 g/mol. The fraction of sp³-hybridized carbons (Fsp3) is 0.556. The third-order valence-electron chi connectivity index (χ3n) is 11.3. The number of aromatic nitrogens is 8. The second-order valence-electron chi connectivity index (χ2n) is 17.8. The number of halogens is 8. The first-order chi connectivity index (χ1) is 44.0. The summed E-state index contributed by atoms with van der Waals surface area (Å²) in [5, 5.41) is 77.2. The van der Waals surface area contributed by atoms with Crippen LogP contribution < -0.4 is 22.2 Å². The first-order valence-electron chi connectivity index (χ1n) is 25.9. The van der Waals surface area contributed by atoms with Crippen molar-refractivity contribution in [3.05, 3.63) is 105 Å². The number of hydrogen-bond acceptors (Lipinski definition) is 28. The normalized spacial score (nSPS) is 34.3. The number of aliphatic hydroxyl groups is 8. The van der Waals surface area contributed by atoms with Gasteiger partial charge in [-0.05, 0) is 48.9 Å². The minimum Gasteiger partial charge on any atom is -0.385 e. The molecule has 0 amide bonds. The molecular formula is C36H44Cl4F4N8O32P4S4. The van der Waals surface area contributed by atoms with E-state index in [0.29, 0.717) is 15.3 Å². The largest absolute Gasteiger partial charge is 0.469 e. The SMILES string of the molecule is O=c1[nH]c(=S)n([C@@H]2O[C@](F)(COP(=O)(O)O)[C@@H](O)[C@H]2O)cc1Cl.[2H]C([2H])(OP(=O)(O)O)[C@@]1(F)O[C@@H](n2cc(Cl)c(=O)[nH]c2=S)[C@H](O)[C@@H]1O.[2H]C([2H])(OP(=O)(O)O)[C@@]1(F)O[C@@]([2H])(n2cc(Cl)c(=O)[nH]c2=S)[C@H](O)[C@@H]1O.[2H][C@@]1(n2cc(Cl)c(=O)[nH]c2=S)O[C@](F)(COP(=O)(O)O)[C@@H](O)[C@H]1O. The first-order valence-corrected chi connectivity index (χ1v) is 32.2.